The van der Waals surface area contributed by atoms with Crippen LogP contribution in [0.2, 0.25) is 0 Å². The standard InChI is InChI=1S/C14H15N3S/c1-10(13(8-15)14(16)18)17-7-6-11-4-2-3-5-12(11)9-17/h2-5H,6-7,9H2,1H3,(H2,16,18). The summed E-state index contributed by atoms with van der Waals surface area (Å²) in [5.74, 6) is 0. The summed E-state index contributed by atoms with van der Waals surface area (Å²) in [6.45, 7) is 3.62. The molecule has 0 saturated carbocycles. The minimum Gasteiger partial charge on any atom is -0.389 e. The van der Waals surface area contributed by atoms with Gasteiger partial charge in [-0.2, -0.15) is 5.26 Å². The largest absolute Gasteiger partial charge is 0.389 e. The first-order valence-electron chi connectivity index (χ1n) is 5.86. The minimum absolute atomic E-state index is 0.175. The fourth-order valence-electron chi connectivity index (χ4n) is 2.25. The maximum atomic E-state index is 9.09. The van der Waals surface area contributed by atoms with Crippen LogP contribution >= 0.6 is 12.2 Å². The molecule has 0 bridgehead atoms. The Hall–Kier alpha value is -1.86. The molecule has 0 fully saturated rings. The molecule has 0 atom stereocenters. The molecule has 1 aliphatic rings. The third kappa shape index (κ3) is 2.36. The number of nitrogens with two attached hydrogens (primary N) is 1. The highest BCUT2D eigenvalue weighted by atomic mass is 32.1. The molecule has 0 spiro atoms. The van der Waals surface area contributed by atoms with Crippen molar-refractivity contribution in [2.75, 3.05) is 6.54 Å². The zero-order valence-electron chi connectivity index (χ0n) is 10.3. The van der Waals surface area contributed by atoms with Crippen molar-refractivity contribution in [1.82, 2.24) is 4.90 Å². The molecule has 2 N–H and O–H groups in total. The molecule has 18 heavy (non-hydrogen) atoms. The Morgan fingerprint density at radius 3 is 2.67 bits per heavy atom. The van der Waals surface area contributed by atoms with Crippen molar-refractivity contribution < 1.29 is 0 Å². The molecular formula is C14H15N3S. The predicted molar refractivity (Wildman–Crippen MR) is 75.7 cm³/mol. The van der Waals surface area contributed by atoms with Gasteiger partial charge >= 0.3 is 0 Å². The lowest BCUT2D eigenvalue weighted by Gasteiger charge is -2.31. The Labute approximate surface area is 113 Å². The van der Waals surface area contributed by atoms with E-state index in [1.165, 1.54) is 11.1 Å². The number of nitriles is 1. The highest BCUT2D eigenvalue weighted by Gasteiger charge is 2.18. The van der Waals surface area contributed by atoms with Crippen molar-refractivity contribution in [1.29, 1.82) is 5.26 Å². The molecule has 0 amide bonds. The smallest absolute Gasteiger partial charge is 0.116 e. The second-order valence-corrected chi connectivity index (χ2v) is 4.82. The lowest BCUT2D eigenvalue weighted by atomic mass is 9.99. The van der Waals surface area contributed by atoms with Gasteiger partial charge in [0.05, 0.1) is 0 Å². The van der Waals surface area contributed by atoms with Crippen molar-refractivity contribution in [3.63, 3.8) is 0 Å². The molecule has 4 heteroatoms. The van der Waals surface area contributed by atoms with Crippen molar-refractivity contribution in [3.05, 3.63) is 46.7 Å². The maximum absolute atomic E-state index is 9.09. The number of allylic oxidation sites excluding steroid dienone is 1. The monoisotopic (exact) mass is 257 g/mol. The Bertz CT molecular complexity index is 554. The van der Waals surface area contributed by atoms with Gasteiger partial charge in [-0.25, -0.2) is 0 Å². The molecule has 2 rings (SSSR count). The van der Waals surface area contributed by atoms with Gasteiger partial charge in [0.15, 0.2) is 0 Å². The van der Waals surface area contributed by atoms with Gasteiger partial charge in [-0.3, -0.25) is 0 Å². The number of benzene rings is 1. The van der Waals surface area contributed by atoms with Crippen LogP contribution in [0.1, 0.15) is 18.1 Å². The number of thiocarbonyl (C=S) groups is 1. The third-order valence-corrected chi connectivity index (χ3v) is 3.53. The van der Waals surface area contributed by atoms with E-state index in [-0.39, 0.29) is 4.99 Å². The van der Waals surface area contributed by atoms with E-state index in [2.05, 4.69) is 29.2 Å². The minimum atomic E-state index is 0.175. The van der Waals surface area contributed by atoms with Crippen LogP contribution in [0.3, 0.4) is 0 Å². The molecule has 0 aliphatic carbocycles. The summed E-state index contributed by atoms with van der Waals surface area (Å²) < 4.78 is 0. The molecule has 0 saturated heterocycles. The zero-order chi connectivity index (χ0) is 13.1. The average Bonchev–Trinajstić information content (AvgIpc) is 2.38. The van der Waals surface area contributed by atoms with Crippen LogP contribution in [-0.2, 0) is 13.0 Å². The fraction of sp³-hybridized carbons (Fsp3) is 0.286. The topological polar surface area (TPSA) is 53.1 Å². The van der Waals surface area contributed by atoms with Crippen molar-refractivity contribution in [3.8, 4) is 6.07 Å². The van der Waals surface area contributed by atoms with Crippen LogP contribution in [0.25, 0.3) is 0 Å². The third-order valence-electron chi connectivity index (χ3n) is 3.32. The zero-order valence-corrected chi connectivity index (χ0v) is 11.1. The van der Waals surface area contributed by atoms with E-state index in [1.807, 2.05) is 13.0 Å². The van der Waals surface area contributed by atoms with Crippen molar-refractivity contribution in [2.45, 2.75) is 19.9 Å². The van der Waals surface area contributed by atoms with Crippen LogP contribution < -0.4 is 5.73 Å². The Kier molecular flexibility index (Phi) is 3.63. The molecular weight excluding hydrogens is 242 g/mol. The van der Waals surface area contributed by atoms with Crippen molar-refractivity contribution >= 4 is 17.2 Å². The van der Waals surface area contributed by atoms with E-state index < -0.39 is 0 Å². The molecule has 3 nitrogen and oxygen atoms in total. The molecule has 0 radical (unpaired) electrons. The van der Waals surface area contributed by atoms with E-state index in [9.17, 15) is 0 Å². The van der Waals surface area contributed by atoms with Crippen LogP contribution in [0.15, 0.2) is 35.5 Å². The molecule has 1 aliphatic heterocycles. The normalized spacial score (nSPS) is 15.4. The molecule has 0 unspecified atom stereocenters. The number of hydrogen-bond donors (Lipinski definition) is 1. The van der Waals surface area contributed by atoms with Gasteiger partial charge < -0.3 is 10.6 Å². The van der Waals surface area contributed by atoms with E-state index in [1.54, 1.807) is 0 Å². The van der Waals surface area contributed by atoms with E-state index in [0.29, 0.717) is 5.57 Å². The van der Waals surface area contributed by atoms with Gasteiger partial charge in [-0.15, -0.1) is 0 Å². The van der Waals surface area contributed by atoms with Gasteiger partial charge in [0.2, 0.25) is 0 Å². The van der Waals surface area contributed by atoms with Gasteiger partial charge in [-0.1, -0.05) is 36.5 Å². The van der Waals surface area contributed by atoms with Gasteiger partial charge in [0.25, 0.3) is 0 Å². The predicted octanol–water partition coefficient (Wildman–Crippen LogP) is 2.13. The molecule has 1 aromatic rings. The molecule has 1 aromatic carbocycles. The van der Waals surface area contributed by atoms with E-state index in [0.717, 1.165) is 25.2 Å². The van der Waals surface area contributed by atoms with Crippen LogP contribution in [-0.4, -0.2) is 16.4 Å². The second-order valence-electron chi connectivity index (χ2n) is 4.38. The summed E-state index contributed by atoms with van der Waals surface area (Å²) in [4.78, 5) is 2.34. The van der Waals surface area contributed by atoms with Crippen LogP contribution in [0, 0.1) is 11.3 Å². The SMILES string of the molecule is CC(=C(C#N)C(N)=S)N1CCc2ccccc2C1. The summed E-state index contributed by atoms with van der Waals surface area (Å²) in [7, 11) is 0. The lowest BCUT2D eigenvalue weighted by molar-refractivity contribution is 0.322. The first-order chi connectivity index (χ1) is 8.63. The molecule has 1 heterocycles. The number of hydrogen-bond acceptors (Lipinski definition) is 3. The Morgan fingerprint density at radius 1 is 1.39 bits per heavy atom. The summed E-state index contributed by atoms with van der Waals surface area (Å²) in [5.41, 5.74) is 9.56. The van der Waals surface area contributed by atoms with Crippen molar-refractivity contribution in [2.24, 2.45) is 5.73 Å². The molecule has 0 aromatic heterocycles. The quantitative estimate of drug-likeness (QED) is 0.501. The number of rotatable bonds is 2. The molecule has 92 valence electrons. The van der Waals surface area contributed by atoms with Crippen LogP contribution in [0.4, 0.5) is 0 Å². The summed E-state index contributed by atoms with van der Waals surface area (Å²) in [5, 5.41) is 9.09. The summed E-state index contributed by atoms with van der Waals surface area (Å²) in [6, 6.07) is 10.5. The summed E-state index contributed by atoms with van der Waals surface area (Å²) in [6.07, 6.45) is 0.990. The van der Waals surface area contributed by atoms with E-state index >= 15 is 0 Å². The first-order valence-corrected chi connectivity index (χ1v) is 6.27. The number of fused-ring (bicyclic) bond motifs is 1. The average molecular weight is 257 g/mol. The lowest BCUT2D eigenvalue weighted by Crippen LogP contribution is -2.31. The Morgan fingerprint density at radius 2 is 2.06 bits per heavy atom. The first kappa shape index (κ1) is 12.6. The van der Waals surface area contributed by atoms with Gasteiger partial charge in [0.1, 0.15) is 16.6 Å². The maximum Gasteiger partial charge on any atom is 0.116 e. The number of nitrogens with zero attached hydrogens (tertiary/aromatic N) is 2. The highest BCUT2D eigenvalue weighted by Crippen LogP contribution is 2.22. The van der Waals surface area contributed by atoms with Crippen LogP contribution in [0.5, 0.6) is 0 Å². The Balaban J connectivity index is 2.29. The summed E-state index contributed by atoms with van der Waals surface area (Å²) >= 11 is 4.91. The second kappa shape index (κ2) is 5.19. The fourth-order valence-corrected chi connectivity index (χ4v) is 2.45. The van der Waals surface area contributed by atoms with E-state index in [4.69, 9.17) is 23.2 Å². The van der Waals surface area contributed by atoms with Gasteiger partial charge in [0, 0.05) is 18.8 Å². The highest BCUT2D eigenvalue weighted by molar-refractivity contribution is 7.80. The van der Waals surface area contributed by atoms with Gasteiger partial charge in [-0.05, 0) is 24.5 Å².